The second-order valence-electron chi connectivity index (χ2n) is 4.60. The monoisotopic (exact) mass is 384 g/mol. The topological polar surface area (TPSA) is 46.3 Å². The molecule has 1 amide bonds. The SMILES string of the molecule is Nc1cccc2c1CCN(C(=O)c1csc(I)c1)C2. The molecule has 0 unspecified atom stereocenters. The van der Waals surface area contributed by atoms with Gasteiger partial charge in [-0.2, -0.15) is 0 Å². The number of rotatable bonds is 1. The number of nitrogen functional groups attached to an aromatic ring is 1. The number of hydrogen-bond donors (Lipinski definition) is 1. The Bertz CT molecular complexity index is 638. The van der Waals surface area contributed by atoms with Crippen LogP contribution in [0.5, 0.6) is 0 Å². The van der Waals surface area contributed by atoms with Gasteiger partial charge in [0.1, 0.15) is 0 Å². The molecule has 3 rings (SSSR count). The maximum Gasteiger partial charge on any atom is 0.255 e. The van der Waals surface area contributed by atoms with E-state index in [0.717, 1.165) is 27.1 Å². The van der Waals surface area contributed by atoms with Gasteiger partial charge < -0.3 is 10.6 Å². The molecule has 1 aromatic carbocycles. The fourth-order valence-corrected chi connectivity index (χ4v) is 3.74. The van der Waals surface area contributed by atoms with Crippen molar-refractivity contribution in [1.82, 2.24) is 4.90 Å². The molecule has 3 nitrogen and oxygen atoms in total. The van der Waals surface area contributed by atoms with Crippen molar-refractivity contribution in [3.63, 3.8) is 0 Å². The molecule has 1 aliphatic heterocycles. The van der Waals surface area contributed by atoms with Crippen molar-refractivity contribution >= 4 is 45.5 Å². The van der Waals surface area contributed by atoms with Crippen LogP contribution in [0.1, 0.15) is 21.5 Å². The van der Waals surface area contributed by atoms with E-state index in [0.29, 0.717) is 6.54 Å². The van der Waals surface area contributed by atoms with Gasteiger partial charge >= 0.3 is 0 Å². The third-order valence-corrected chi connectivity index (χ3v) is 5.19. The highest BCUT2D eigenvalue weighted by Crippen LogP contribution is 2.26. The van der Waals surface area contributed by atoms with Crippen molar-refractivity contribution in [3.05, 3.63) is 49.2 Å². The lowest BCUT2D eigenvalue weighted by Crippen LogP contribution is -2.36. The standard InChI is InChI=1S/C14H13IN2OS/c15-13-6-10(8-19-13)14(18)17-5-4-11-9(7-17)2-1-3-12(11)16/h1-3,6,8H,4-5,7,16H2. The first kappa shape index (κ1) is 12.9. The van der Waals surface area contributed by atoms with Crippen LogP contribution in [0.3, 0.4) is 0 Å². The number of amides is 1. The van der Waals surface area contributed by atoms with Gasteiger partial charge in [-0.15, -0.1) is 11.3 Å². The Balaban J connectivity index is 1.84. The summed E-state index contributed by atoms with van der Waals surface area (Å²) in [6.07, 6.45) is 0.842. The van der Waals surface area contributed by atoms with E-state index < -0.39 is 0 Å². The summed E-state index contributed by atoms with van der Waals surface area (Å²) in [7, 11) is 0. The fourth-order valence-electron chi connectivity index (χ4n) is 2.42. The van der Waals surface area contributed by atoms with E-state index in [1.54, 1.807) is 11.3 Å². The van der Waals surface area contributed by atoms with Crippen LogP contribution >= 0.6 is 33.9 Å². The van der Waals surface area contributed by atoms with Gasteiger partial charge in [-0.25, -0.2) is 0 Å². The highest BCUT2D eigenvalue weighted by atomic mass is 127. The lowest BCUT2D eigenvalue weighted by atomic mass is 9.97. The number of carbonyl (C=O) groups is 1. The Hall–Kier alpha value is -1.08. The number of nitrogens with two attached hydrogens (primary N) is 1. The molecule has 0 saturated heterocycles. The van der Waals surface area contributed by atoms with Gasteiger partial charge in [-0.05, 0) is 52.3 Å². The third-order valence-electron chi connectivity index (χ3n) is 3.40. The average molecular weight is 384 g/mol. The molecule has 1 aromatic heterocycles. The summed E-state index contributed by atoms with van der Waals surface area (Å²) in [5, 5.41) is 1.93. The molecule has 2 N–H and O–H groups in total. The highest BCUT2D eigenvalue weighted by Gasteiger charge is 2.23. The predicted octanol–water partition coefficient (Wildman–Crippen LogP) is 3.13. The van der Waals surface area contributed by atoms with Gasteiger partial charge in [0.05, 0.1) is 8.45 Å². The first-order valence-electron chi connectivity index (χ1n) is 6.04. The Morgan fingerprint density at radius 1 is 1.42 bits per heavy atom. The van der Waals surface area contributed by atoms with Crippen LogP contribution in [-0.4, -0.2) is 17.4 Å². The number of halogens is 1. The zero-order valence-electron chi connectivity index (χ0n) is 10.2. The summed E-state index contributed by atoms with van der Waals surface area (Å²) in [5.41, 5.74) is 9.98. The van der Waals surface area contributed by atoms with Gasteiger partial charge in [0.2, 0.25) is 0 Å². The van der Waals surface area contributed by atoms with E-state index in [9.17, 15) is 4.79 Å². The third kappa shape index (κ3) is 2.49. The number of fused-ring (bicyclic) bond motifs is 1. The van der Waals surface area contributed by atoms with Gasteiger partial charge in [0.15, 0.2) is 0 Å². The molecule has 0 fully saturated rings. The minimum atomic E-state index is 0.118. The van der Waals surface area contributed by atoms with Crippen LogP contribution in [0.15, 0.2) is 29.6 Å². The van der Waals surface area contributed by atoms with Crippen LogP contribution in [0.25, 0.3) is 0 Å². The van der Waals surface area contributed by atoms with Crippen LogP contribution in [-0.2, 0) is 13.0 Å². The normalized spacial score (nSPS) is 14.3. The summed E-state index contributed by atoms with van der Waals surface area (Å²) < 4.78 is 1.14. The van der Waals surface area contributed by atoms with E-state index in [-0.39, 0.29) is 5.91 Å². The molecule has 0 spiro atoms. The van der Waals surface area contributed by atoms with Crippen LogP contribution < -0.4 is 5.73 Å². The van der Waals surface area contributed by atoms with Crippen LogP contribution in [0.4, 0.5) is 5.69 Å². The molecule has 19 heavy (non-hydrogen) atoms. The van der Waals surface area contributed by atoms with Gasteiger partial charge in [-0.1, -0.05) is 12.1 Å². The Morgan fingerprint density at radius 2 is 2.26 bits per heavy atom. The molecule has 0 bridgehead atoms. The molecule has 2 heterocycles. The van der Waals surface area contributed by atoms with Gasteiger partial charge in [0.25, 0.3) is 5.91 Å². The van der Waals surface area contributed by atoms with E-state index in [1.807, 2.05) is 28.5 Å². The van der Waals surface area contributed by atoms with E-state index in [4.69, 9.17) is 5.73 Å². The maximum absolute atomic E-state index is 12.4. The summed E-state index contributed by atoms with van der Waals surface area (Å²) >= 11 is 3.84. The Labute approximate surface area is 129 Å². The number of thiophene rings is 1. The van der Waals surface area contributed by atoms with E-state index in [1.165, 1.54) is 11.1 Å². The second-order valence-corrected chi connectivity index (χ2v) is 7.41. The number of nitrogens with zero attached hydrogens (tertiary/aromatic N) is 1. The van der Waals surface area contributed by atoms with Crippen molar-refractivity contribution in [1.29, 1.82) is 0 Å². The molecule has 5 heteroatoms. The second kappa shape index (κ2) is 5.13. The molecular formula is C14H13IN2OS. The quantitative estimate of drug-likeness (QED) is 0.607. The van der Waals surface area contributed by atoms with Crippen molar-refractivity contribution in [3.8, 4) is 0 Å². The number of carbonyl (C=O) groups excluding carboxylic acids is 1. The maximum atomic E-state index is 12.4. The first-order valence-corrected chi connectivity index (χ1v) is 8.00. The van der Waals surface area contributed by atoms with Crippen molar-refractivity contribution in [2.45, 2.75) is 13.0 Å². The smallest absolute Gasteiger partial charge is 0.255 e. The fraction of sp³-hybridized carbons (Fsp3) is 0.214. The van der Waals surface area contributed by atoms with Gasteiger partial charge in [-0.3, -0.25) is 4.79 Å². The minimum Gasteiger partial charge on any atom is -0.398 e. The highest BCUT2D eigenvalue weighted by molar-refractivity contribution is 14.1. The summed E-state index contributed by atoms with van der Waals surface area (Å²) in [4.78, 5) is 14.3. The molecule has 0 radical (unpaired) electrons. The lowest BCUT2D eigenvalue weighted by molar-refractivity contribution is 0.0735. The number of benzene rings is 1. The van der Waals surface area contributed by atoms with E-state index >= 15 is 0 Å². The number of anilines is 1. The summed E-state index contributed by atoms with van der Waals surface area (Å²) in [6.45, 7) is 1.40. The first-order chi connectivity index (χ1) is 9.15. The lowest BCUT2D eigenvalue weighted by Gasteiger charge is -2.29. The number of hydrogen-bond acceptors (Lipinski definition) is 3. The largest absolute Gasteiger partial charge is 0.398 e. The molecule has 0 atom stereocenters. The van der Waals surface area contributed by atoms with Gasteiger partial charge in [0, 0.05) is 24.2 Å². The Morgan fingerprint density at radius 3 is 3.00 bits per heavy atom. The predicted molar refractivity (Wildman–Crippen MR) is 86.3 cm³/mol. The molecule has 1 aliphatic rings. The van der Waals surface area contributed by atoms with Crippen molar-refractivity contribution in [2.75, 3.05) is 12.3 Å². The van der Waals surface area contributed by atoms with Crippen LogP contribution in [0.2, 0.25) is 0 Å². The minimum absolute atomic E-state index is 0.118. The summed E-state index contributed by atoms with van der Waals surface area (Å²) in [6, 6.07) is 7.89. The average Bonchev–Trinajstić information content (AvgIpc) is 2.84. The molecule has 2 aromatic rings. The zero-order chi connectivity index (χ0) is 13.4. The molecule has 0 aliphatic carbocycles. The van der Waals surface area contributed by atoms with Crippen molar-refractivity contribution < 1.29 is 4.79 Å². The molecular weight excluding hydrogens is 371 g/mol. The molecule has 98 valence electrons. The molecule has 0 saturated carbocycles. The van der Waals surface area contributed by atoms with Crippen molar-refractivity contribution in [2.24, 2.45) is 0 Å². The summed E-state index contributed by atoms with van der Waals surface area (Å²) in [5.74, 6) is 0.118. The van der Waals surface area contributed by atoms with E-state index in [2.05, 4.69) is 28.7 Å². The zero-order valence-corrected chi connectivity index (χ0v) is 13.2. The van der Waals surface area contributed by atoms with Crippen LogP contribution in [0, 0.1) is 2.88 Å². The Kier molecular flexibility index (Phi) is 3.49.